The first-order chi connectivity index (χ1) is 7.90. The Labute approximate surface area is 101 Å². The van der Waals surface area contributed by atoms with Crippen molar-refractivity contribution in [3.05, 3.63) is 23.8 Å². The maximum atomic E-state index is 5.62. The van der Waals surface area contributed by atoms with E-state index in [2.05, 4.69) is 17.4 Å². The first kappa shape index (κ1) is 11.6. The van der Waals surface area contributed by atoms with Gasteiger partial charge in [-0.25, -0.2) is 0 Å². The van der Waals surface area contributed by atoms with Crippen molar-refractivity contribution in [1.29, 1.82) is 0 Å². The Hall–Kier alpha value is -0.930. The Morgan fingerprint density at radius 2 is 2.00 bits per heavy atom. The van der Waals surface area contributed by atoms with Crippen LogP contribution in [0.1, 0.15) is 12.0 Å². The van der Waals surface area contributed by atoms with Crippen LogP contribution >= 0.6 is 11.6 Å². The van der Waals surface area contributed by atoms with Crippen LogP contribution in [0.15, 0.2) is 18.2 Å². The smallest absolute Gasteiger partial charge is 0.161 e. The summed E-state index contributed by atoms with van der Waals surface area (Å²) in [5.74, 6) is 1.72. The molecule has 1 N–H and O–H groups in total. The average molecular weight is 242 g/mol. The van der Waals surface area contributed by atoms with E-state index in [-0.39, 0.29) is 0 Å². The summed E-state index contributed by atoms with van der Waals surface area (Å²) in [5.41, 5.74) is 1.24. The van der Waals surface area contributed by atoms with Gasteiger partial charge in [-0.05, 0) is 24.1 Å². The largest absolute Gasteiger partial charge is 0.490 e. The minimum atomic E-state index is 0.491. The van der Waals surface area contributed by atoms with Crippen molar-refractivity contribution in [3.8, 4) is 11.5 Å². The predicted octanol–water partition coefficient (Wildman–Crippen LogP) is 2.18. The van der Waals surface area contributed by atoms with Crippen molar-refractivity contribution in [2.24, 2.45) is 0 Å². The van der Waals surface area contributed by atoms with E-state index in [0.29, 0.717) is 6.00 Å². The molecule has 0 fully saturated rings. The fourth-order valence-electron chi connectivity index (χ4n) is 1.66. The van der Waals surface area contributed by atoms with E-state index >= 15 is 0 Å². The number of benzene rings is 1. The minimum Gasteiger partial charge on any atom is -0.490 e. The first-order valence-electron chi connectivity index (χ1n) is 5.55. The summed E-state index contributed by atoms with van der Waals surface area (Å²) in [7, 11) is 0. The average Bonchev–Trinajstić information content (AvgIpc) is 2.54. The monoisotopic (exact) mass is 241 g/mol. The molecule has 4 heteroatoms. The van der Waals surface area contributed by atoms with Gasteiger partial charge in [-0.2, -0.15) is 0 Å². The highest BCUT2D eigenvalue weighted by Crippen LogP contribution is 2.30. The molecule has 16 heavy (non-hydrogen) atoms. The van der Waals surface area contributed by atoms with E-state index in [1.165, 1.54) is 5.56 Å². The van der Waals surface area contributed by atoms with Crippen LogP contribution in [0.25, 0.3) is 0 Å². The molecule has 1 aliphatic heterocycles. The van der Waals surface area contributed by atoms with Crippen LogP contribution < -0.4 is 14.8 Å². The molecular weight excluding hydrogens is 226 g/mol. The van der Waals surface area contributed by atoms with E-state index in [1.807, 2.05) is 6.07 Å². The van der Waals surface area contributed by atoms with E-state index in [4.69, 9.17) is 21.1 Å². The number of halogens is 1. The Bertz CT molecular complexity index is 344. The zero-order chi connectivity index (χ0) is 11.2. The fraction of sp³-hybridized carbons (Fsp3) is 0.500. The van der Waals surface area contributed by atoms with Gasteiger partial charge in [-0.15, -0.1) is 11.6 Å². The van der Waals surface area contributed by atoms with E-state index in [1.54, 1.807) is 0 Å². The molecular formula is C12H16ClNO2. The third-order valence-corrected chi connectivity index (χ3v) is 2.69. The molecule has 0 saturated carbocycles. The summed E-state index contributed by atoms with van der Waals surface area (Å²) in [6, 6.07) is 6.60. The quantitative estimate of drug-likeness (QED) is 0.498. The summed E-state index contributed by atoms with van der Waals surface area (Å²) >= 11 is 5.55. The van der Waals surface area contributed by atoms with Gasteiger partial charge in [-0.1, -0.05) is 6.07 Å². The van der Waals surface area contributed by atoms with Gasteiger partial charge in [0.25, 0.3) is 0 Å². The van der Waals surface area contributed by atoms with Crippen LogP contribution in [0.2, 0.25) is 0 Å². The van der Waals surface area contributed by atoms with Crippen molar-refractivity contribution in [3.63, 3.8) is 0 Å². The van der Waals surface area contributed by atoms with Crippen LogP contribution in [-0.4, -0.2) is 25.8 Å². The summed E-state index contributed by atoms with van der Waals surface area (Å²) in [6.07, 6.45) is 1.89. The fourth-order valence-corrected chi connectivity index (χ4v) is 1.80. The lowest BCUT2D eigenvalue weighted by Gasteiger charge is -2.09. The van der Waals surface area contributed by atoms with Gasteiger partial charge in [0.15, 0.2) is 11.5 Å². The lowest BCUT2D eigenvalue weighted by atomic mass is 10.1. The van der Waals surface area contributed by atoms with Crippen molar-refractivity contribution >= 4 is 11.6 Å². The first-order valence-corrected chi connectivity index (χ1v) is 6.09. The summed E-state index contributed by atoms with van der Waals surface area (Å²) < 4.78 is 11.2. The van der Waals surface area contributed by atoms with E-state index < -0.39 is 0 Å². The molecule has 1 aromatic rings. The van der Waals surface area contributed by atoms with Gasteiger partial charge in [0, 0.05) is 13.0 Å². The maximum absolute atomic E-state index is 5.62. The molecule has 3 nitrogen and oxygen atoms in total. The zero-order valence-electron chi connectivity index (χ0n) is 9.17. The van der Waals surface area contributed by atoms with E-state index in [9.17, 15) is 0 Å². The molecule has 0 saturated heterocycles. The number of hydrogen-bond acceptors (Lipinski definition) is 3. The van der Waals surface area contributed by atoms with Crippen LogP contribution in [0.4, 0.5) is 0 Å². The Kier molecular flexibility index (Phi) is 4.31. The molecule has 0 aliphatic carbocycles. The highest BCUT2D eigenvalue weighted by Gasteiger charge is 2.10. The highest BCUT2D eigenvalue weighted by molar-refractivity contribution is 6.17. The molecule has 0 atom stereocenters. The van der Waals surface area contributed by atoms with E-state index in [0.717, 1.165) is 44.1 Å². The molecule has 0 unspecified atom stereocenters. The molecule has 1 aromatic carbocycles. The zero-order valence-corrected chi connectivity index (χ0v) is 9.93. The van der Waals surface area contributed by atoms with Gasteiger partial charge in [-0.3, -0.25) is 0 Å². The number of hydrogen-bond donors (Lipinski definition) is 1. The molecule has 0 amide bonds. The lowest BCUT2D eigenvalue weighted by Crippen LogP contribution is -2.14. The number of nitrogens with one attached hydrogen (secondary N) is 1. The van der Waals surface area contributed by atoms with Crippen molar-refractivity contribution in [1.82, 2.24) is 5.32 Å². The van der Waals surface area contributed by atoms with Crippen LogP contribution in [0.5, 0.6) is 11.5 Å². The van der Waals surface area contributed by atoms with Crippen molar-refractivity contribution in [2.45, 2.75) is 12.8 Å². The Morgan fingerprint density at radius 1 is 1.19 bits per heavy atom. The molecule has 1 heterocycles. The number of ether oxygens (including phenoxy) is 2. The third kappa shape index (κ3) is 3.03. The summed E-state index contributed by atoms with van der Waals surface area (Å²) in [4.78, 5) is 0. The summed E-state index contributed by atoms with van der Waals surface area (Å²) in [6.45, 7) is 2.35. The number of fused-ring (bicyclic) bond motifs is 1. The molecule has 0 spiro atoms. The molecule has 1 aliphatic rings. The Balaban J connectivity index is 2.02. The highest BCUT2D eigenvalue weighted by atomic mass is 35.5. The Morgan fingerprint density at radius 3 is 2.81 bits per heavy atom. The third-order valence-electron chi connectivity index (χ3n) is 2.50. The molecule has 2 rings (SSSR count). The molecule has 0 aromatic heterocycles. The van der Waals surface area contributed by atoms with Gasteiger partial charge in [0.05, 0.1) is 19.2 Å². The second-order valence-electron chi connectivity index (χ2n) is 3.72. The standard InChI is InChI=1S/C12H16ClNO2/c13-9-14-5-4-10-2-3-11-12(8-10)16-7-1-6-15-11/h2-3,8,14H,1,4-7,9H2. The second kappa shape index (κ2) is 5.97. The molecule has 0 radical (unpaired) electrons. The normalized spacial score (nSPS) is 14.6. The molecule has 88 valence electrons. The predicted molar refractivity (Wildman–Crippen MR) is 64.5 cm³/mol. The van der Waals surface area contributed by atoms with Crippen molar-refractivity contribution < 1.29 is 9.47 Å². The van der Waals surface area contributed by atoms with Gasteiger partial charge in [0.1, 0.15) is 0 Å². The molecule has 0 bridgehead atoms. The van der Waals surface area contributed by atoms with Crippen LogP contribution in [0, 0.1) is 0 Å². The SMILES string of the molecule is ClCNCCc1ccc2c(c1)OCCCO2. The minimum absolute atomic E-state index is 0.491. The van der Waals surface area contributed by atoms with Gasteiger partial charge >= 0.3 is 0 Å². The van der Waals surface area contributed by atoms with Gasteiger partial charge in [0.2, 0.25) is 0 Å². The number of rotatable bonds is 4. The van der Waals surface area contributed by atoms with Crippen LogP contribution in [-0.2, 0) is 6.42 Å². The topological polar surface area (TPSA) is 30.5 Å². The number of alkyl halides is 1. The van der Waals surface area contributed by atoms with Gasteiger partial charge < -0.3 is 14.8 Å². The van der Waals surface area contributed by atoms with Crippen LogP contribution in [0.3, 0.4) is 0 Å². The summed E-state index contributed by atoms with van der Waals surface area (Å²) in [5, 5.41) is 3.08. The second-order valence-corrected chi connectivity index (χ2v) is 3.98. The maximum Gasteiger partial charge on any atom is 0.161 e. The lowest BCUT2D eigenvalue weighted by molar-refractivity contribution is 0.297. The van der Waals surface area contributed by atoms with Crippen molar-refractivity contribution in [2.75, 3.05) is 25.8 Å².